The monoisotopic (exact) mass is 207 g/mol. The number of para-hydroxylation sites is 1. The van der Waals surface area contributed by atoms with Gasteiger partial charge in [0.05, 0.1) is 12.7 Å². The summed E-state index contributed by atoms with van der Waals surface area (Å²) in [4.78, 5) is 4.37. The van der Waals surface area contributed by atoms with Crippen LogP contribution < -0.4 is 16.0 Å². The molecule has 0 spiro atoms. The van der Waals surface area contributed by atoms with Gasteiger partial charge in [0.15, 0.2) is 0 Å². The van der Waals surface area contributed by atoms with Crippen molar-refractivity contribution in [3.63, 3.8) is 0 Å². The van der Waals surface area contributed by atoms with Crippen LogP contribution in [0.1, 0.15) is 19.4 Å². The molecule has 0 aromatic heterocycles. The Labute approximate surface area is 90.1 Å². The zero-order valence-corrected chi connectivity index (χ0v) is 9.32. The van der Waals surface area contributed by atoms with E-state index in [0.29, 0.717) is 5.84 Å². The summed E-state index contributed by atoms with van der Waals surface area (Å²) >= 11 is 0. The van der Waals surface area contributed by atoms with Gasteiger partial charge in [0.1, 0.15) is 11.6 Å². The van der Waals surface area contributed by atoms with Gasteiger partial charge < -0.3 is 10.2 Å². The first-order valence-electron chi connectivity index (χ1n) is 4.86. The fourth-order valence-electron chi connectivity index (χ4n) is 1.28. The van der Waals surface area contributed by atoms with Crippen molar-refractivity contribution in [3.05, 3.63) is 29.8 Å². The Morgan fingerprint density at radius 3 is 2.60 bits per heavy atom. The number of nitrogens with two attached hydrogens (primary N) is 1. The van der Waals surface area contributed by atoms with Crippen LogP contribution in [-0.4, -0.2) is 19.0 Å². The fraction of sp³-hybridized carbons (Fsp3) is 0.364. The van der Waals surface area contributed by atoms with E-state index in [9.17, 15) is 0 Å². The van der Waals surface area contributed by atoms with Crippen LogP contribution in [-0.2, 0) is 0 Å². The Balaban J connectivity index is 3.12. The van der Waals surface area contributed by atoms with E-state index in [1.165, 1.54) is 0 Å². The molecule has 82 valence electrons. The molecule has 0 saturated heterocycles. The highest BCUT2D eigenvalue weighted by molar-refractivity contribution is 6.00. The van der Waals surface area contributed by atoms with E-state index in [4.69, 9.17) is 10.6 Å². The lowest BCUT2D eigenvalue weighted by Gasteiger charge is -2.11. The molecule has 0 fully saturated rings. The normalized spacial score (nSPS) is 11.7. The van der Waals surface area contributed by atoms with Crippen molar-refractivity contribution in [1.82, 2.24) is 5.43 Å². The topological polar surface area (TPSA) is 59.6 Å². The van der Waals surface area contributed by atoms with Crippen LogP contribution in [0.15, 0.2) is 29.3 Å². The first kappa shape index (κ1) is 11.5. The Bertz CT molecular complexity index is 347. The highest BCUT2D eigenvalue weighted by Gasteiger charge is 2.08. The van der Waals surface area contributed by atoms with Gasteiger partial charge >= 0.3 is 0 Å². The molecule has 1 rings (SSSR count). The molecule has 0 amide bonds. The summed E-state index contributed by atoms with van der Waals surface area (Å²) in [6.07, 6.45) is 0. The van der Waals surface area contributed by atoms with Gasteiger partial charge in [-0.1, -0.05) is 12.1 Å². The average Bonchev–Trinajstić information content (AvgIpc) is 2.25. The van der Waals surface area contributed by atoms with Crippen molar-refractivity contribution < 1.29 is 4.74 Å². The zero-order valence-electron chi connectivity index (χ0n) is 9.32. The summed E-state index contributed by atoms with van der Waals surface area (Å²) in [5.41, 5.74) is 3.47. The average molecular weight is 207 g/mol. The van der Waals surface area contributed by atoms with Crippen LogP contribution >= 0.6 is 0 Å². The smallest absolute Gasteiger partial charge is 0.146 e. The van der Waals surface area contributed by atoms with Gasteiger partial charge in [-0.2, -0.15) is 0 Å². The van der Waals surface area contributed by atoms with Gasteiger partial charge in [-0.05, 0) is 26.0 Å². The van der Waals surface area contributed by atoms with Crippen LogP contribution in [0.25, 0.3) is 0 Å². The summed E-state index contributed by atoms with van der Waals surface area (Å²) in [5.74, 6) is 6.84. The van der Waals surface area contributed by atoms with Crippen molar-refractivity contribution in [1.29, 1.82) is 0 Å². The SMILES string of the molecule is COc1ccccc1C(=NC(C)C)NN. The van der Waals surface area contributed by atoms with Crippen molar-refractivity contribution in [2.24, 2.45) is 10.8 Å². The lowest BCUT2D eigenvalue weighted by atomic mass is 10.2. The molecule has 4 heteroatoms. The minimum atomic E-state index is 0.181. The second kappa shape index (κ2) is 5.36. The molecular weight excluding hydrogens is 190 g/mol. The number of hydrogen-bond donors (Lipinski definition) is 2. The molecule has 0 aliphatic rings. The number of hydrazine groups is 1. The summed E-state index contributed by atoms with van der Waals surface area (Å²) in [7, 11) is 1.63. The number of benzene rings is 1. The Kier molecular flexibility index (Phi) is 4.12. The molecule has 1 aromatic carbocycles. The maximum Gasteiger partial charge on any atom is 0.146 e. The van der Waals surface area contributed by atoms with Gasteiger partial charge in [-0.15, -0.1) is 0 Å². The van der Waals surface area contributed by atoms with Crippen LogP contribution in [0.4, 0.5) is 0 Å². The van der Waals surface area contributed by atoms with E-state index in [2.05, 4.69) is 10.4 Å². The third-order valence-corrected chi connectivity index (χ3v) is 1.89. The highest BCUT2D eigenvalue weighted by Crippen LogP contribution is 2.17. The number of nitrogens with one attached hydrogen (secondary N) is 1. The number of ether oxygens (including phenoxy) is 1. The number of aliphatic imine (C=N–C) groups is 1. The van der Waals surface area contributed by atoms with E-state index in [0.717, 1.165) is 11.3 Å². The van der Waals surface area contributed by atoms with Gasteiger partial charge in [0.25, 0.3) is 0 Å². The summed E-state index contributed by atoms with van der Waals surface area (Å²) in [6.45, 7) is 3.99. The lowest BCUT2D eigenvalue weighted by molar-refractivity contribution is 0.413. The first-order valence-corrected chi connectivity index (χ1v) is 4.86. The molecule has 1 aromatic rings. The van der Waals surface area contributed by atoms with Crippen LogP contribution in [0.5, 0.6) is 5.75 Å². The molecule has 3 N–H and O–H groups in total. The van der Waals surface area contributed by atoms with Crippen molar-refractivity contribution in [3.8, 4) is 5.75 Å². The minimum Gasteiger partial charge on any atom is -0.496 e. The molecule has 0 aliphatic heterocycles. The van der Waals surface area contributed by atoms with E-state index in [-0.39, 0.29) is 6.04 Å². The predicted octanol–water partition coefficient (Wildman–Crippen LogP) is 1.31. The molecule has 0 heterocycles. The molecule has 0 unspecified atom stereocenters. The van der Waals surface area contributed by atoms with Crippen LogP contribution in [0, 0.1) is 0 Å². The number of amidine groups is 1. The minimum absolute atomic E-state index is 0.181. The molecular formula is C11H17N3O. The Morgan fingerprint density at radius 2 is 2.07 bits per heavy atom. The number of hydrogen-bond acceptors (Lipinski definition) is 3. The molecule has 4 nitrogen and oxygen atoms in total. The Hall–Kier alpha value is -1.55. The van der Waals surface area contributed by atoms with Crippen molar-refractivity contribution in [2.45, 2.75) is 19.9 Å². The lowest BCUT2D eigenvalue weighted by Crippen LogP contribution is -2.32. The second-order valence-electron chi connectivity index (χ2n) is 3.42. The van der Waals surface area contributed by atoms with Gasteiger partial charge in [-0.3, -0.25) is 4.99 Å². The second-order valence-corrected chi connectivity index (χ2v) is 3.42. The maximum absolute atomic E-state index is 5.44. The van der Waals surface area contributed by atoms with E-state index < -0.39 is 0 Å². The van der Waals surface area contributed by atoms with Crippen molar-refractivity contribution >= 4 is 5.84 Å². The number of nitrogens with zero attached hydrogens (tertiary/aromatic N) is 1. The molecule has 15 heavy (non-hydrogen) atoms. The summed E-state index contributed by atoms with van der Waals surface area (Å²) in [5, 5.41) is 0. The number of methoxy groups -OCH3 is 1. The quantitative estimate of drug-likeness (QED) is 0.340. The third-order valence-electron chi connectivity index (χ3n) is 1.89. The summed E-state index contributed by atoms with van der Waals surface area (Å²) < 4.78 is 5.23. The van der Waals surface area contributed by atoms with E-state index in [1.807, 2.05) is 38.1 Å². The zero-order chi connectivity index (χ0) is 11.3. The molecule has 0 saturated carbocycles. The molecule has 0 bridgehead atoms. The van der Waals surface area contributed by atoms with Crippen LogP contribution in [0.3, 0.4) is 0 Å². The Morgan fingerprint density at radius 1 is 1.40 bits per heavy atom. The predicted molar refractivity (Wildman–Crippen MR) is 62.0 cm³/mol. The maximum atomic E-state index is 5.44. The first-order chi connectivity index (χ1) is 7.19. The summed E-state index contributed by atoms with van der Waals surface area (Å²) in [6, 6.07) is 7.81. The van der Waals surface area contributed by atoms with Crippen LogP contribution in [0.2, 0.25) is 0 Å². The van der Waals surface area contributed by atoms with Crippen molar-refractivity contribution in [2.75, 3.05) is 7.11 Å². The fourth-order valence-corrected chi connectivity index (χ4v) is 1.28. The van der Waals surface area contributed by atoms with Gasteiger partial charge in [0.2, 0.25) is 0 Å². The van der Waals surface area contributed by atoms with Gasteiger partial charge in [-0.25, -0.2) is 5.84 Å². The molecule has 0 aliphatic carbocycles. The van der Waals surface area contributed by atoms with E-state index in [1.54, 1.807) is 7.11 Å². The third kappa shape index (κ3) is 2.95. The van der Waals surface area contributed by atoms with E-state index >= 15 is 0 Å². The molecule has 0 radical (unpaired) electrons. The number of rotatable bonds is 3. The highest BCUT2D eigenvalue weighted by atomic mass is 16.5. The largest absolute Gasteiger partial charge is 0.496 e. The standard InChI is InChI=1S/C11H17N3O/c1-8(2)13-11(14-12)9-6-4-5-7-10(9)15-3/h4-8H,12H2,1-3H3,(H,13,14). The van der Waals surface area contributed by atoms with Gasteiger partial charge in [0, 0.05) is 6.04 Å². The molecule has 0 atom stereocenters.